The lowest BCUT2D eigenvalue weighted by molar-refractivity contribution is -0.121. The maximum Gasteiger partial charge on any atom is 0.178 e. The van der Waals surface area contributed by atoms with Crippen LogP contribution in [0.3, 0.4) is 0 Å². The first kappa shape index (κ1) is 14.8. The van der Waals surface area contributed by atoms with Crippen molar-refractivity contribution in [2.75, 3.05) is 7.11 Å². The molecule has 0 atom stereocenters. The molecular formula is C15H17NO3. The number of carbonyl (C=O) groups is 1. The molecule has 4 nitrogen and oxygen atoms in total. The number of ether oxygens (including phenoxy) is 1. The van der Waals surface area contributed by atoms with Crippen LogP contribution >= 0.6 is 0 Å². The highest BCUT2D eigenvalue weighted by Crippen LogP contribution is 2.28. The van der Waals surface area contributed by atoms with E-state index in [0.29, 0.717) is 11.3 Å². The van der Waals surface area contributed by atoms with Gasteiger partial charge in [-0.3, -0.25) is 4.79 Å². The second kappa shape index (κ2) is 5.57. The summed E-state index contributed by atoms with van der Waals surface area (Å²) in [5.41, 5.74) is 0.104. The van der Waals surface area contributed by atoms with Crippen LogP contribution in [-0.4, -0.2) is 18.0 Å². The SMILES string of the molecule is COc1cc(C=C(C#N)C(=O)C(C)(C)C)ccc1O. The van der Waals surface area contributed by atoms with Gasteiger partial charge in [-0.05, 0) is 23.8 Å². The Labute approximate surface area is 112 Å². The largest absolute Gasteiger partial charge is 0.504 e. The molecule has 0 fully saturated rings. The van der Waals surface area contributed by atoms with Crippen LogP contribution in [0, 0.1) is 16.7 Å². The van der Waals surface area contributed by atoms with E-state index in [9.17, 15) is 9.90 Å². The molecule has 0 heterocycles. The molecular weight excluding hydrogens is 242 g/mol. The molecule has 0 saturated carbocycles. The van der Waals surface area contributed by atoms with Gasteiger partial charge in [0.05, 0.1) is 12.7 Å². The van der Waals surface area contributed by atoms with E-state index in [2.05, 4.69) is 0 Å². The van der Waals surface area contributed by atoms with Crippen LogP contribution in [0.1, 0.15) is 26.3 Å². The van der Waals surface area contributed by atoms with Crippen molar-refractivity contribution in [3.8, 4) is 17.6 Å². The highest BCUT2D eigenvalue weighted by atomic mass is 16.5. The third-order valence-electron chi connectivity index (χ3n) is 2.56. The Balaban J connectivity index is 3.20. The quantitative estimate of drug-likeness (QED) is 0.669. The van der Waals surface area contributed by atoms with Gasteiger partial charge in [-0.15, -0.1) is 0 Å². The smallest absolute Gasteiger partial charge is 0.178 e. The van der Waals surface area contributed by atoms with Crippen molar-refractivity contribution in [1.29, 1.82) is 5.26 Å². The highest BCUT2D eigenvalue weighted by molar-refractivity contribution is 6.06. The Morgan fingerprint density at radius 3 is 2.53 bits per heavy atom. The Morgan fingerprint density at radius 2 is 2.05 bits per heavy atom. The predicted molar refractivity (Wildman–Crippen MR) is 72.7 cm³/mol. The van der Waals surface area contributed by atoms with E-state index in [-0.39, 0.29) is 17.1 Å². The van der Waals surface area contributed by atoms with E-state index in [4.69, 9.17) is 10.00 Å². The molecule has 0 saturated heterocycles. The predicted octanol–water partition coefficient (Wildman–Crippen LogP) is 2.92. The molecule has 0 unspecified atom stereocenters. The number of methoxy groups -OCH3 is 1. The lowest BCUT2D eigenvalue weighted by Gasteiger charge is -2.15. The van der Waals surface area contributed by atoms with Gasteiger partial charge in [0.25, 0.3) is 0 Å². The zero-order valence-electron chi connectivity index (χ0n) is 11.5. The number of allylic oxidation sites excluding steroid dienone is 1. The number of hydrogen-bond acceptors (Lipinski definition) is 4. The summed E-state index contributed by atoms with van der Waals surface area (Å²) in [5, 5.41) is 18.6. The van der Waals surface area contributed by atoms with Gasteiger partial charge in [-0.1, -0.05) is 26.8 Å². The molecule has 0 spiro atoms. The molecule has 1 rings (SSSR count). The average molecular weight is 259 g/mol. The van der Waals surface area contributed by atoms with Crippen molar-refractivity contribution in [3.63, 3.8) is 0 Å². The number of ketones is 1. The summed E-state index contributed by atoms with van der Waals surface area (Å²) in [5.74, 6) is 0.0941. The summed E-state index contributed by atoms with van der Waals surface area (Å²) in [6.07, 6.45) is 1.50. The number of phenolic OH excluding ortho intramolecular Hbond substituents is 1. The molecule has 0 radical (unpaired) electrons. The number of phenols is 1. The van der Waals surface area contributed by atoms with Crippen molar-refractivity contribution < 1.29 is 14.6 Å². The summed E-state index contributed by atoms with van der Waals surface area (Å²) < 4.78 is 4.98. The monoisotopic (exact) mass is 259 g/mol. The third kappa shape index (κ3) is 3.59. The molecule has 1 aromatic rings. The highest BCUT2D eigenvalue weighted by Gasteiger charge is 2.24. The molecule has 1 N–H and O–H groups in total. The topological polar surface area (TPSA) is 70.3 Å². The van der Waals surface area contributed by atoms with Crippen LogP contribution in [-0.2, 0) is 4.79 Å². The second-order valence-electron chi connectivity index (χ2n) is 5.18. The maximum absolute atomic E-state index is 12.1. The lowest BCUT2D eigenvalue weighted by atomic mass is 9.86. The number of hydrogen-bond donors (Lipinski definition) is 1. The first-order valence-electron chi connectivity index (χ1n) is 5.83. The van der Waals surface area contributed by atoms with Gasteiger partial charge >= 0.3 is 0 Å². The van der Waals surface area contributed by atoms with Crippen LogP contribution in [0.25, 0.3) is 6.08 Å². The average Bonchev–Trinajstić information content (AvgIpc) is 2.35. The lowest BCUT2D eigenvalue weighted by Crippen LogP contribution is -2.21. The molecule has 0 aliphatic rings. The number of benzene rings is 1. The van der Waals surface area contributed by atoms with Gasteiger partial charge in [0.2, 0.25) is 0 Å². The van der Waals surface area contributed by atoms with E-state index in [1.54, 1.807) is 32.9 Å². The fourth-order valence-electron chi connectivity index (χ4n) is 1.50. The first-order chi connectivity index (χ1) is 8.79. The number of nitriles is 1. The summed E-state index contributed by atoms with van der Waals surface area (Å²) in [7, 11) is 1.44. The first-order valence-corrected chi connectivity index (χ1v) is 5.83. The van der Waals surface area contributed by atoms with Gasteiger partial charge in [0.15, 0.2) is 17.3 Å². The van der Waals surface area contributed by atoms with Crippen molar-refractivity contribution in [1.82, 2.24) is 0 Å². The van der Waals surface area contributed by atoms with Crippen LogP contribution in [0.5, 0.6) is 11.5 Å². The van der Waals surface area contributed by atoms with Crippen LogP contribution < -0.4 is 4.74 Å². The molecule has 0 bridgehead atoms. The minimum atomic E-state index is -0.609. The van der Waals surface area contributed by atoms with E-state index in [1.165, 1.54) is 19.3 Å². The second-order valence-corrected chi connectivity index (χ2v) is 5.18. The molecule has 4 heteroatoms. The molecule has 0 aromatic heterocycles. The Hall–Kier alpha value is -2.28. The third-order valence-corrected chi connectivity index (χ3v) is 2.56. The van der Waals surface area contributed by atoms with E-state index >= 15 is 0 Å². The minimum Gasteiger partial charge on any atom is -0.504 e. The molecule has 100 valence electrons. The van der Waals surface area contributed by atoms with Crippen LogP contribution in [0.2, 0.25) is 0 Å². The van der Waals surface area contributed by atoms with Crippen molar-refractivity contribution in [2.45, 2.75) is 20.8 Å². The zero-order chi connectivity index (χ0) is 14.6. The molecule has 0 aliphatic carbocycles. The van der Waals surface area contributed by atoms with E-state index in [0.717, 1.165) is 0 Å². The minimum absolute atomic E-state index is 0.0142. The Morgan fingerprint density at radius 1 is 1.42 bits per heavy atom. The van der Waals surface area contributed by atoms with E-state index < -0.39 is 5.41 Å². The summed E-state index contributed by atoms with van der Waals surface area (Å²) in [6, 6.07) is 6.56. The number of rotatable bonds is 3. The van der Waals surface area contributed by atoms with Gasteiger partial charge in [-0.25, -0.2) is 0 Å². The molecule has 0 amide bonds. The van der Waals surface area contributed by atoms with Crippen molar-refractivity contribution in [3.05, 3.63) is 29.3 Å². The van der Waals surface area contributed by atoms with Gasteiger partial charge in [0.1, 0.15) is 6.07 Å². The Kier molecular flexibility index (Phi) is 4.34. The number of carbonyl (C=O) groups excluding carboxylic acids is 1. The van der Waals surface area contributed by atoms with Crippen LogP contribution in [0.4, 0.5) is 0 Å². The maximum atomic E-state index is 12.1. The molecule has 1 aromatic carbocycles. The molecule has 19 heavy (non-hydrogen) atoms. The number of nitrogens with zero attached hydrogens (tertiary/aromatic N) is 1. The fourth-order valence-corrected chi connectivity index (χ4v) is 1.50. The summed E-state index contributed by atoms with van der Waals surface area (Å²) in [4.78, 5) is 12.1. The van der Waals surface area contributed by atoms with Gasteiger partial charge in [-0.2, -0.15) is 5.26 Å². The number of Topliss-reactive ketones (excluding diaryl/α,β-unsaturated/α-hetero) is 1. The number of aromatic hydroxyl groups is 1. The summed E-state index contributed by atoms with van der Waals surface area (Å²) >= 11 is 0. The van der Waals surface area contributed by atoms with Crippen molar-refractivity contribution in [2.24, 2.45) is 5.41 Å². The van der Waals surface area contributed by atoms with Crippen LogP contribution in [0.15, 0.2) is 23.8 Å². The fraction of sp³-hybridized carbons (Fsp3) is 0.333. The van der Waals surface area contributed by atoms with E-state index in [1.807, 2.05) is 6.07 Å². The van der Waals surface area contributed by atoms with Crippen molar-refractivity contribution >= 4 is 11.9 Å². The summed E-state index contributed by atoms with van der Waals surface area (Å²) in [6.45, 7) is 5.29. The van der Waals surface area contributed by atoms with Gasteiger partial charge in [0, 0.05) is 5.41 Å². The zero-order valence-corrected chi connectivity index (χ0v) is 11.5. The standard InChI is InChI=1S/C15H17NO3/c1-15(2,3)14(18)11(9-16)7-10-5-6-12(17)13(8-10)19-4/h5-8,17H,1-4H3. The molecule has 0 aliphatic heterocycles. The normalized spacial score (nSPS) is 11.8. The van der Waals surface area contributed by atoms with Gasteiger partial charge < -0.3 is 9.84 Å². The Bertz CT molecular complexity index is 560.